The van der Waals surface area contributed by atoms with Crippen LogP contribution in [-0.2, 0) is 4.79 Å². The number of carboxylic acids is 1. The first-order chi connectivity index (χ1) is 9.49. The second-order valence-electron chi connectivity index (χ2n) is 4.06. The molecule has 0 aliphatic rings. The minimum absolute atomic E-state index is 0.190. The zero-order chi connectivity index (χ0) is 14.7. The van der Waals surface area contributed by atoms with Crippen LogP contribution in [0.25, 0.3) is 5.69 Å². The highest BCUT2D eigenvalue weighted by Crippen LogP contribution is 2.32. The Kier molecular flexibility index (Phi) is 3.79. The number of hydrogen-bond donors (Lipinski definition) is 2. The van der Waals surface area contributed by atoms with Crippen molar-refractivity contribution in [2.75, 3.05) is 0 Å². The van der Waals surface area contributed by atoms with Gasteiger partial charge in [0.25, 0.3) is 0 Å². The largest absolute Gasteiger partial charge is 0.492 e. The number of benzene rings is 1. The molecule has 2 rings (SSSR count). The minimum Gasteiger partial charge on any atom is -0.492 e. The fourth-order valence-corrected chi connectivity index (χ4v) is 1.64. The third-order valence-electron chi connectivity index (χ3n) is 2.56. The number of aliphatic carboxylic acids is 1. The summed E-state index contributed by atoms with van der Waals surface area (Å²) in [4.78, 5) is 14.3. The van der Waals surface area contributed by atoms with Crippen molar-refractivity contribution in [3.8, 4) is 11.6 Å². The molecule has 0 fully saturated rings. The van der Waals surface area contributed by atoms with E-state index in [1.807, 2.05) is 0 Å². The molecule has 0 spiro atoms. The van der Waals surface area contributed by atoms with Crippen LogP contribution in [0.15, 0.2) is 29.3 Å². The van der Waals surface area contributed by atoms with Crippen LogP contribution < -0.4 is 0 Å². The van der Waals surface area contributed by atoms with Crippen molar-refractivity contribution >= 4 is 17.9 Å². The number of aryl methyl sites for hydroxylation is 1. The zero-order valence-corrected chi connectivity index (χ0v) is 10.6. The summed E-state index contributed by atoms with van der Waals surface area (Å²) < 4.78 is 14.1. The quantitative estimate of drug-likeness (QED) is 0.838. The molecule has 0 saturated carbocycles. The Hall–Kier alpha value is -2.70. The van der Waals surface area contributed by atoms with Gasteiger partial charge in [-0.15, -0.1) is 0 Å². The average molecular weight is 277 g/mol. The van der Waals surface area contributed by atoms with Crippen molar-refractivity contribution in [3.05, 3.63) is 35.8 Å². The molecule has 1 heterocycles. The van der Waals surface area contributed by atoms with Crippen LogP contribution in [0.2, 0.25) is 0 Å². The van der Waals surface area contributed by atoms with Crippen molar-refractivity contribution in [1.82, 2.24) is 9.78 Å². The van der Waals surface area contributed by atoms with Gasteiger partial charge in [0.05, 0.1) is 17.8 Å². The van der Waals surface area contributed by atoms with Crippen LogP contribution in [0.1, 0.15) is 12.1 Å². The molecule has 2 aromatic rings. The Morgan fingerprint density at radius 2 is 2.10 bits per heavy atom. The third-order valence-corrected chi connectivity index (χ3v) is 2.56. The second kappa shape index (κ2) is 5.52. The highest BCUT2D eigenvalue weighted by Gasteiger charge is 2.14. The molecule has 0 unspecified atom stereocenters. The van der Waals surface area contributed by atoms with E-state index in [-0.39, 0.29) is 18.0 Å². The van der Waals surface area contributed by atoms with Crippen LogP contribution in [0.4, 0.5) is 10.1 Å². The van der Waals surface area contributed by atoms with Crippen molar-refractivity contribution in [1.29, 1.82) is 0 Å². The van der Waals surface area contributed by atoms with Gasteiger partial charge in [0.15, 0.2) is 0 Å². The maximum atomic E-state index is 12.9. The normalized spacial score (nSPS) is 11.1. The monoisotopic (exact) mass is 277 g/mol. The third kappa shape index (κ3) is 2.82. The van der Waals surface area contributed by atoms with Crippen molar-refractivity contribution in [2.24, 2.45) is 4.99 Å². The van der Waals surface area contributed by atoms with E-state index in [0.717, 1.165) is 0 Å². The molecule has 0 bridgehead atoms. The number of hydrogen-bond acceptors (Lipinski definition) is 4. The summed E-state index contributed by atoms with van der Waals surface area (Å²) in [6.07, 6.45) is 0.932. The number of aromatic hydroxyl groups is 1. The minimum atomic E-state index is -1.02. The Morgan fingerprint density at radius 1 is 1.45 bits per heavy atom. The van der Waals surface area contributed by atoms with E-state index < -0.39 is 11.8 Å². The maximum Gasteiger partial charge on any atom is 0.308 e. The fourth-order valence-electron chi connectivity index (χ4n) is 1.64. The summed E-state index contributed by atoms with van der Waals surface area (Å²) in [6.45, 7) is 1.63. The zero-order valence-electron chi connectivity index (χ0n) is 10.6. The van der Waals surface area contributed by atoms with Gasteiger partial charge in [-0.2, -0.15) is 9.78 Å². The molecule has 1 aromatic carbocycles. The molecule has 0 saturated heterocycles. The van der Waals surface area contributed by atoms with E-state index in [0.29, 0.717) is 11.4 Å². The molecule has 0 radical (unpaired) electrons. The molecule has 20 heavy (non-hydrogen) atoms. The summed E-state index contributed by atoms with van der Waals surface area (Å²) in [5, 5.41) is 22.7. The second-order valence-corrected chi connectivity index (χ2v) is 4.06. The van der Waals surface area contributed by atoms with Gasteiger partial charge < -0.3 is 10.2 Å². The van der Waals surface area contributed by atoms with Crippen LogP contribution in [0.5, 0.6) is 5.88 Å². The smallest absolute Gasteiger partial charge is 0.308 e. The predicted octanol–water partition coefficient (Wildman–Crippen LogP) is 2.20. The average Bonchev–Trinajstić information content (AvgIpc) is 2.67. The molecule has 0 atom stereocenters. The van der Waals surface area contributed by atoms with E-state index in [9.17, 15) is 14.3 Å². The van der Waals surface area contributed by atoms with E-state index in [1.54, 1.807) is 6.92 Å². The van der Waals surface area contributed by atoms with Gasteiger partial charge in [-0.25, -0.2) is 4.39 Å². The Morgan fingerprint density at radius 3 is 2.70 bits per heavy atom. The van der Waals surface area contributed by atoms with Gasteiger partial charge in [-0.1, -0.05) is 0 Å². The van der Waals surface area contributed by atoms with Crippen molar-refractivity contribution in [3.63, 3.8) is 0 Å². The SMILES string of the molecule is Cc1nn(-c2ccc(F)cc2)c(O)c1/N=C/CC(=O)O. The number of nitrogens with zero attached hydrogens (tertiary/aromatic N) is 3. The number of aromatic nitrogens is 2. The molecule has 104 valence electrons. The van der Waals surface area contributed by atoms with E-state index in [4.69, 9.17) is 5.11 Å². The molecular weight excluding hydrogens is 265 g/mol. The molecule has 0 aliphatic carbocycles. The Balaban J connectivity index is 2.35. The van der Waals surface area contributed by atoms with Gasteiger partial charge in [-0.05, 0) is 31.2 Å². The lowest BCUT2D eigenvalue weighted by atomic mass is 10.3. The number of carboxylic acid groups (broad SMARTS) is 1. The highest BCUT2D eigenvalue weighted by atomic mass is 19.1. The standard InChI is InChI=1S/C13H12FN3O3/c1-8-12(15-7-6-11(18)19)13(20)17(16-8)10-4-2-9(14)3-5-10/h2-5,7,20H,6H2,1H3,(H,18,19)/b15-7+. The molecule has 2 N–H and O–H groups in total. The van der Waals surface area contributed by atoms with E-state index in [1.165, 1.54) is 35.2 Å². The maximum absolute atomic E-state index is 12.9. The van der Waals surface area contributed by atoms with Gasteiger partial charge in [0.2, 0.25) is 5.88 Å². The van der Waals surface area contributed by atoms with Crippen LogP contribution in [0.3, 0.4) is 0 Å². The van der Waals surface area contributed by atoms with E-state index >= 15 is 0 Å². The van der Waals surface area contributed by atoms with E-state index in [2.05, 4.69) is 10.1 Å². The summed E-state index contributed by atoms with van der Waals surface area (Å²) in [7, 11) is 0. The Bertz CT molecular complexity index is 662. The first-order valence-corrected chi connectivity index (χ1v) is 5.78. The molecule has 1 aromatic heterocycles. The summed E-state index contributed by atoms with van der Waals surface area (Å²) >= 11 is 0. The Labute approximate surface area is 113 Å². The first kappa shape index (κ1) is 13.7. The number of carbonyl (C=O) groups is 1. The van der Waals surface area contributed by atoms with Crippen LogP contribution >= 0.6 is 0 Å². The molecule has 0 amide bonds. The van der Waals surface area contributed by atoms with Gasteiger partial charge in [0.1, 0.15) is 11.5 Å². The van der Waals surface area contributed by atoms with Crippen molar-refractivity contribution < 1.29 is 19.4 Å². The van der Waals surface area contributed by atoms with Gasteiger partial charge in [0, 0.05) is 6.21 Å². The lowest BCUT2D eigenvalue weighted by Crippen LogP contribution is -1.95. The molecule has 6 nitrogen and oxygen atoms in total. The van der Waals surface area contributed by atoms with Gasteiger partial charge in [-0.3, -0.25) is 9.79 Å². The van der Waals surface area contributed by atoms with Crippen molar-refractivity contribution in [2.45, 2.75) is 13.3 Å². The molecule has 0 aliphatic heterocycles. The van der Waals surface area contributed by atoms with Gasteiger partial charge >= 0.3 is 5.97 Å². The number of rotatable bonds is 4. The first-order valence-electron chi connectivity index (χ1n) is 5.78. The lowest BCUT2D eigenvalue weighted by molar-refractivity contribution is -0.135. The number of aliphatic imine (C=N–C) groups is 1. The predicted molar refractivity (Wildman–Crippen MR) is 70.3 cm³/mol. The lowest BCUT2D eigenvalue weighted by Gasteiger charge is -2.02. The highest BCUT2D eigenvalue weighted by molar-refractivity contribution is 5.86. The molecule has 7 heteroatoms. The van der Waals surface area contributed by atoms with Crippen LogP contribution in [0, 0.1) is 12.7 Å². The molecular formula is C13H12FN3O3. The topological polar surface area (TPSA) is 87.7 Å². The fraction of sp³-hybridized carbons (Fsp3) is 0.154. The number of halogens is 1. The summed E-state index contributed by atoms with van der Waals surface area (Å²) in [5.74, 6) is -1.63. The van der Waals surface area contributed by atoms with Crippen LogP contribution in [-0.4, -0.2) is 32.2 Å². The summed E-state index contributed by atoms with van der Waals surface area (Å²) in [6, 6.07) is 5.43. The summed E-state index contributed by atoms with van der Waals surface area (Å²) in [5.41, 5.74) is 1.11.